The Bertz CT molecular complexity index is 1060. The van der Waals surface area contributed by atoms with Crippen LogP contribution in [0.2, 0.25) is 0 Å². The van der Waals surface area contributed by atoms with Crippen LogP contribution in [0.25, 0.3) is 11.3 Å². The molecule has 1 amide bonds. The smallest absolute Gasteiger partial charge is 0.254 e. The fourth-order valence-corrected chi connectivity index (χ4v) is 3.76. The van der Waals surface area contributed by atoms with Crippen molar-refractivity contribution in [2.45, 2.75) is 13.8 Å². The minimum absolute atomic E-state index is 0.0253. The number of halogens is 1. The van der Waals surface area contributed by atoms with Gasteiger partial charge in [0, 0.05) is 37.8 Å². The van der Waals surface area contributed by atoms with E-state index in [1.165, 1.54) is 12.1 Å². The summed E-state index contributed by atoms with van der Waals surface area (Å²) < 4.78 is 24.4. The van der Waals surface area contributed by atoms with E-state index in [1.54, 1.807) is 30.3 Å². The first-order valence-corrected chi connectivity index (χ1v) is 10.8. The molecule has 0 radical (unpaired) electrons. The van der Waals surface area contributed by atoms with Gasteiger partial charge in [0.2, 0.25) is 0 Å². The van der Waals surface area contributed by atoms with Crippen molar-refractivity contribution in [1.29, 1.82) is 0 Å². The van der Waals surface area contributed by atoms with E-state index in [2.05, 4.69) is 15.1 Å². The van der Waals surface area contributed by atoms with Crippen molar-refractivity contribution in [1.82, 2.24) is 15.1 Å². The summed E-state index contributed by atoms with van der Waals surface area (Å²) in [5.41, 5.74) is 2.29. The lowest BCUT2D eigenvalue weighted by molar-refractivity contribution is 0.0746. The molecule has 8 heteroatoms. The minimum Gasteiger partial charge on any atom is -0.490 e. The van der Waals surface area contributed by atoms with E-state index in [0.29, 0.717) is 56.5 Å². The second-order valence-electron chi connectivity index (χ2n) is 7.45. The highest BCUT2D eigenvalue weighted by molar-refractivity contribution is 5.95. The van der Waals surface area contributed by atoms with Crippen LogP contribution in [-0.4, -0.2) is 60.4 Å². The molecular weight excluding hydrogens is 411 g/mol. The summed E-state index contributed by atoms with van der Waals surface area (Å²) in [6.45, 7) is 7.38. The zero-order valence-corrected chi connectivity index (χ0v) is 18.3. The van der Waals surface area contributed by atoms with Crippen LogP contribution in [0.1, 0.15) is 24.2 Å². The molecule has 1 saturated heterocycles. The van der Waals surface area contributed by atoms with Crippen molar-refractivity contribution in [2.24, 2.45) is 0 Å². The molecule has 0 saturated carbocycles. The van der Waals surface area contributed by atoms with Gasteiger partial charge in [-0.3, -0.25) is 9.89 Å². The number of H-pyrrole nitrogens is 1. The van der Waals surface area contributed by atoms with Crippen LogP contribution in [0.3, 0.4) is 0 Å². The van der Waals surface area contributed by atoms with Gasteiger partial charge in [0.15, 0.2) is 17.3 Å². The number of carbonyl (C=O) groups is 1. The number of aromatic nitrogens is 2. The van der Waals surface area contributed by atoms with Crippen molar-refractivity contribution in [3.8, 4) is 22.8 Å². The Morgan fingerprint density at radius 1 is 0.969 bits per heavy atom. The molecule has 0 unspecified atom stereocenters. The molecule has 7 nitrogen and oxygen atoms in total. The molecule has 168 valence electrons. The Balaban J connectivity index is 1.40. The molecule has 0 atom stereocenters. The summed E-state index contributed by atoms with van der Waals surface area (Å²) in [7, 11) is 0. The maximum absolute atomic E-state index is 13.2. The summed E-state index contributed by atoms with van der Waals surface area (Å²) in [6.07, 6.45) is 0. The lowest BCUT2D eigenvalue weighted by Crippen LogP contribution is -2.49. The summed E-state index contributed by atoms with van der Waals surface area (Å²) in [4.78, 5) is 17.0. The second kappa shape index (κ2) is 9.72. The maximum Gasteiger partial charge on any atom is 0.254 e. The average Bonchev–Trinajstić information content (AvgIpc) is 3.31. The molecule has 3 aromatic rings. The van der Waals surface area contributed by atoms with Crippen molar-refractivity contribution >= 4 is 11.7 Å². The van der Waals surface area contributed by atoms with Gasteiger partial charge in [0.05, 0.1) is 18.9 Å². The number of hydrogen-bond acceptors (Lipinski definition) is 5. The van der Waals surface area contributed by atoms with Crippen molar-refractivity contribution in [3.05, 3.63) is 59.9 Å². The molecule has 1 aromatic heterocycles. The molecule has 4 rings (SSSR count). The number of rotatable bonds is 7. The Morgan fingerprint density at radius 2 is 1.66 bits per heavy atom. The fraction of sp³-hybridized carbons (Fsp3) is 0.333. The Kier molecular flexibility index (Phi) is 6.58. The molecule has 1 fully saturated rings. The number of nitrogens with one attached hydrogen (secondary N) is 1. The molecular formula is C24H27FN4O3. The van der Waals surface area contributed by atoms with Gasteiger partial charge in [0.1, 0.15) is 5.82 Å². The number of anilines is 1. The van der Waals surface area contributed by atoms with Gasteiger partial charge >= 0.3 is 0 Å². The maximum atomic E-state index is 13.2. The van der Waals surface area contributed by atoms with Crippen LogP contribution in [-0.2, 0) is 0 Å². The first kappa shape index (κ1) is 21.7. The van der Waals surface area contributed by atoms with Gasteiger partial charge in [-0.15, -0.1) is 0 Å². The molecule has 2 aromatic carbocycles. The van der Waals surface area contributed by atoms with E-state index in [4.69, 9.17) is 9.47 Å². The molecule has 1 aliphatic rings. The Labute approximate surface area is 186 Å². The van der Waals surface area contributed by atoms with Crippen LogP contribution in [0, 0.1) is 5.82 Å². The fourth-order valence-electron chi connectivity index (χ4n) is 3.76. The average molecular weight is 439 g/mol. The summed E-state index contributed by atoms with van der Waals surface area (Å²) in [5.74, 6) is 1.75. The number of hydrogen-bond donors (Lipinski definition) is 1. The zero-order valence-electron chi connectivity index (χ0n) is 18.3. The number of benzene rings is 2. The van der Waals surface area contributed by atoms with Gasteiger partial charge < -0.3 is 19.3 Å². The lowest BCUT2D eigenvalue weighted by atomic mass is 10.1. The highest BCUT2D eigenvalue weighted by atomic mass is 19.1. The third kappa shape index (κ3) is 4.69. The number of ether oxygens (including phenoxy) is 2. The predicted molar refractivity (Wildman–Crippen MR) is 121 cm³/mol. The van der Waals surface area contributed by atoms with E-state index >= 15 is 0 Å². The molecule has 32 heavy (non-hydrogen) atoms. The van der Waals surface area contributed by atoms with Gasteiger partial charge in [-0.1, -0.05) is 0 Å². The highest BCUT2D eigenvalue weighted by Crippen LogP contribution is 2.29. The van der Waals surface area contributed by atoms with Crippen LogP contribution < -0.4 is 14.4 Å². The summed E-state index contributed by atoms with van der Waals surface area (Å²) in [5, 5.41) is 7.41. The quantitative estimate of drug-likeness (QED) is 0.604. The lowest BCUT2D eigenvalue weighted by Gasteiger charge is -2.34. The van der Waals surface area contributed by atoms with E-state index < -0.39 is 0 Å². The van der Waals surface area contributed by atoms with Crippen LogP contribution in [0.4, 0.5) is 10.2 Å². The number of piperazine rings is 1. The molecule has 2 heterocycles. The van der Waals surface area contributed by atoms with Crippen LogP contribution in [0.5, 0.6) is 11.5 Å². The standard InChI is InChI=1S/C24H27FN4O3/c1-3-31-21-10-7-18(15-22(21)32-4-2)24(30)29-13-11-28(12-14-29)23-16-20(26-27-23)17-5-8-19(25)9-6-17/h5-10,15-16H,3-4,11-14H2,1-2H3,(H,26,27). The molecule has 0 bridgehead atoms. The van der Waals surface area contributed by atoms with E-state index in [9.17, 15) is 9.18 Å². The number of aromatic amines is 1. The van der Waals surface area contributed by atoms with Crippen LogP contribution in [0.15, 0.2) is 48.5 Å². The number of nitrogens with zero attached hydrogens (tertiary/aromatic N) is 3. The summed E-state index contributed by atoms with van der Waals surface area (Å²) in [6, 6.07) is 13.6. The summed E-state index contributed by atoms with van der Waals surface area (Å²) >= 11 is 0. The van der Waals surface area contributed by atoms with E-state index in [1.807, 2.05) is 24.8 Å². The Morgan fingerprint density at radius 3 is 2.34 bits per heavy atom. The van der Waals surface area contributed by atoms with Crippen molar-refractivity contribution < 1.29 is 18.7 Å². The van der Waals surface area contributed by atoms with Crippen molar-refractivity contribution in [3.63, 3.8) is 0 Å². The first-order chi connectivity index (χ1) is 15.6. The van der Waals surface area contributed by atoms with E-state index in [-0.39, 0.29) is 11.7 Å². The monoisotopic (exact) mass is 438 g/mol. The normalized spacial score (nSPS) is 13.8. The number of carbonyl (C=O) groups excluding carboxylic acids is 1. The SMILES string of the molecule is CCOc1ccc(C(=O)N2CCN(c3cc(-c4ccc(F)cc4)[nH]n3)CC2)cc1OCC. The first-order valence-electron chi connectivity index (χ1n) is 10.8. The van der Waals surface area contributed by atoms with Gasteiger partial charge in [-0.25, -0.2) is 4.39 Å². The largest absolute Gasteiger partial charge is 0.490 e. The third-order valence-electron chi connectivity index (χ3n) is 5.40. The molecule has 1 N–H and O–H groups in total. The number of amides is 1. The Hall–Kier alpha value is -3.55. The molecule has 1 aliphatic heterocycles. The zero-order chi connectivity index (χ0) is 22.5. The van der Waals surface area contributed by atoms with Gasteiger partial charge in [0.25, 0.3) is 5.91 Å². The molecule has 0 spiro atoms. The second-order valence-corrected chi connectivity index (χ2v) is 7.45. The predicted octanol–water partition coefficient (Wildman–Crippen LogP) is 3.98. The van der Waals surface area contributed by atoms with Gasteiger partial charge in [-0.05, 0) is 61.9 Å². The van der Waals surface area contributed by atoms with Crippen LogP contribution >= 0.6 is 0 Å². The van der Waals surface area contributed by atoms with Crippen molar-refractivity contribution in [2.75, 3.05) is 44.3 Å². The third-order valence-corrected chi connectivity index (χ3v) is 5.40. The van der Waals surface area contributed by atoms with Gasteiger partial charge in [-0.2, -0.15) is 5.10 Å². The molecule has 0 aliphatic carbocycles. The highest BCUT2D eigenvalue weighted by Gasteiger charge is 2.24. The minimum atomic E-state index is -0.268. The van der Waals surface area contributed by atoms with E-state index in [0.717, 1.165) is 17.1 Å². The topological polar surface area (TPSA) is 70.7 Å².